The van der Waals surface area contributed by atoms with Crippen molar-refractivity contribution in [1.82, 2.24) is 0 Å². The number of hydrogen-bond acceptors (Lipinski definition) is 4. The number of cyclic esters (lactones) is 1. The zero-order valence-corrected chi connectivity index (χ0v) is 16.5. The van der Waals surface area contributed by atoms with Crippen LogP contribution >= 0.6 is 0 Å². The highest BCUT2D eigenvalue weighted by atomic mass is 16.5. The van der Waals surface area contributed by atoms with Crippen LogP contribution in [0, 0.1) is 26.2 Å². The van der Waals surface area contributed by atoms with Crippen LogP contribution in [0.4, 0.5) is 0 Å². The number of aromatic hydroxyl groups is 1. The number of carbonyl (C=O) groups is 1. The molecular formula is C21H32O4. The van der Waals surface area contributed by atoms with E-state index < -0.39 is 5.41 Å². The predicted molar refractivity (Wildman–Crippen MR) is 99.3 cm³/mol. The average Bonchev–Trinajstić information content (AvgIpc) is 2.57. The third kappa shape index (κ3) is 4.10. The zero-order valence-electron chi connectivity index (χ0n) is 16.5. The Kier molecular flexibility index (Phi) is 6.02. The van der Waals surface area contributed by atoms with Gasteiger partial charge in [-0.15, -0.1) is 0 Å². The minimum atomic E-state index is -0.491. The van der Waals surface area contributed by atoms with E-state index in [-0.39, 0.29) is 12.1 Å². The summed E-state index contributed by atoms with van der Waals surface area (Å²) in [5.41, 5.74) is 3.29. The molecule has 0 fully saturated rings. The maximum atomic E-state index is 12.5. The molecule has 0 radical (unpaired) electrons. The summed E-state index contributed by atoms with van der Waals surface area (Å²) in [6, 6.07) is 0. The third-order valence-electron chi connectivity index (χ3n) is 5.53. The van der Waals surface area contributed by atoms with Crippen LogP contribution in [0.1, 0.15) is 68.7 Å². The van der Waals surface area contributed by atoms with Crippen LogP contribution in [0.2, 0.25) is 0 Å². The highest BCUT2D eigenvalue weighted by Crippen LogP contribution is 2.39. The molecule has 0 saturated carbocycles. The molecule has 0 aliphatic carbocycles. The van der Waals surface area contributed by atoms with E-state index in [2.05, 4.69) is 0 Å². The fraction of sp³-hybridized carbons (Fsp3) is 0.667. The standard InChI is InChI=1S/C21H32O4/c1-7-16-9-10-17-15(4)18(22)13(2)14(3)19(17)24-12-8-11-21(5,6)20(23)25-16/h16,22H,7-12H2,1-6H3. The molecule has 0 aromatic heterocycles. The molecule has 25 heavy (non-hydrogen) atoms. The summed E-state index contributed by atoms with van der Waals surface area (Å²) in [7, 11) is 0. The fourth-order valence-electron chi connectivity index (χ4n) is 3.42. The first kappa shape index (κ1) is 19.6. The third-order valence-corrected chi connectivity index (χ3v) is 5.53. The van der Waals surface area contributed by atoms with E-state index in [1.165, 1.54) is 0 Å². The maximum Gasteiger partial charge on any atom is 0.311 e. The van der Waals surface area contributed by atoms with Gasteiger partial charge in [-0.05, 0) is 83.4 Å². The summed E-state index contributed by atoms with van der Waals surface area (Å²) in [6.45, 7) is 12.4. The number of carbonyl (C=O) groups excluding carboxylic acids is 1. The summed E-state index contributed by atoms with van der Waals surface area (Å²) in [6.07, 6.45) is 3.65. The quantitative estimate of drug-likeness (QED) is 0.743. The van der Waals surface area contributed by atoms with Gasteiger partial charge in [-0.2, -0.15) is 0 Å². The average molecular weight is 348 g/mol. The van der Waals surface area contributed by atoms with Crippen LogP contribution in [0.15, 0.2) is 0 Å². The van der Waals surface area contributed by atoms with Crippen LogP contribution < -0.4 is 4.74 Å². The Morgan fingerprint density at radius 3 is 2.48 bits per heavy atom. The number of fused-ring (bicyclic) bond motifs is 1. The number of benzene rings is 1. The van der Waals surface area contributed by atoms with Crippen molar-refractivity contribution >= 4 is 5.97 Å². The van der Waals surface area contributed by atoms with Gasteiger partial charge in [0.05, 0.1) is 12.0 Å². The Labute approximate surface area is 151 Å². The smallest absolute Gasteiger partial charge is 0.311 e. The Bertz CT molecular complexity index is 646. The predicted octanol–water partition coefficient (Wildman–Crippen LogP) is 4.77. The summed E-state index contributed by atoms with van der Waals surface area (Å²) in [5, 5.41) is 10.4. The lowest BCUT2D eigenvalue weighted by atomic mass is 9.87. The van der Waals surface area contributed by atoms with E-state index in [4.69, 9.17) is 9.47 Å². The molecule has 4 nitrogen and oxygen atoms in total. The molecule has 1 aromatic rings. The number of ether oxygens (including phenoxy) is 2. The molecule has 1 aliphatic rings. The van der Waals surface area contributed by atoms with E-state index in [1.54, 1.807) is 0 Å². The van der Waals surface area contributed by atoms with E-state index in [0.717, 1.165) is 60.1 Å². The summed E-state index contributed by atoms with van der Waals surface area (Å²) < 4.78 is 11.9. The molecule has 0 amide bonds. The number of phenolic OH excluding ortho intramolecular Hbond substituents is 1. The van der Waals surface area contributed by atoms with Crippen LogP contribution in [-0.2, 0) is 16.0 Å². The summed E-state index contributed by atoms with van der Waals surface area (Å²) in [4.78, 5) is 12.5. The van der Waals surface area contributed by atoms with Gasteiger partial charge in [-0.3, -0.25) is 4.79 Å². The van der Waals surface area contributed by atoms with Gasteiger partial charge in [0.1, 0.15) is 17.6 Å². The molecule has 1 N–H and O–H groups in total. The van der Waals surface area contributed by atoms with Gasteiger partial charge in [0.25, 0.3) is 0 Å². The van der Waals surface area contributed by atoms with Gasteiger partial charge in [-0.25, -0.2) is 0 Å². The largest absolute Gasteiger partial charge is 0.507 e. The van der Waals surface area contributed by atoms with Crippen molar-refractivity contribution in [3.63, 3.8) is 0 Å². The van der Waals surface area contributed by atoms with Crippen molar-refractivity contribution in [2.45, 2.75) is 79.8 Å². The SMILES string of the molecule is CCC1CCc2c(C)c(O)c(C)c(C)c2OCCCC(C)(C)C(=O)O1. The molecule has 1 heterocycles. The molecule has 1 aromatic carbocycles. The first-order valence-corrected chi connectivity index (χ1v) is 9.34. The van der Waals surface area contributed by atoms with Crippen LogP contribution in [0.3, 0.4) is 0 Å². The monoisotopic (exact) mass is 348 g/mol. The fourth-order valence-corrected chi connectivity index (χ4v) is 3.42. The minimum Gasteiger partial charge on any atom is -0.507 e. The lowest BCUT2D eigenvalue weighted by Crippen LogP contribution is -2.31. The second-order valence-electron chi connectivity index (χ2n) is 7.84. The molecule has 2 rings (SSSR count). The van der Waals surface area contributed by atoms with Crippen molar-refractivity contribution in [1.29, 1.82) is 0 Å². The molecule has 140 valence electrons. The topological polar surface area (TPSA) is 55.8 Å². The van der Waals surface area contributed by atoms with Crippen molar-refractivity contribution in [3.05, 3.63) is 22.3 Å². The maximum absolute atomic E-state index is 12.5. The Morgan fingerprint density at radius 1 is 1.16 bits per heavy atom. The number of hydrogen-bond donors (Lipinski definition) is 1. The van der Waals surface area contributed by atoms with Crippen molar-refractivity contribution < 1.29 is 19.4 Å². The van der Waals surface area contributed by atoms with Gasteiger partial charge in [0.2, 0.25) is 0 Å². The van der Waals surface area contributed by atoms with Gasteiger partial charge < -0.3 is 14.6 Å². The molecule has 0 bridgehead atoms. The van der Waals surface area contributed by atoms with E-state index in [0.29, 0.717) is 12.4 Å². The first-order chi connectivity index (χ1) is 11.7. The Balaban J connectivity index is 2.41. The van der Waals surface area contributed by atoms with Gasteiger partial charge in [0, 0.05) is 5.56 Å². The van der Waals surface area contributed by atoms with Gasteiger partial charge in [-0.1, -0.05) is 6.92 Å². The van der Waals surface area contributed by atoms with Crippen molar-refractivity contribution in [2.75, 3.05) is 6.61 Å². The van der Waals surface area contributed by atoms with Crippen LogP contribution in [0.25, 0.3) is 0 Å². The molecule has 0 spiro atoms. The molecule has 1 aliphatic heterocycles. The highest BCUT2D eigenvalue weighted by molar-refractivity contribution is 5.76. The van der Waals surface area contributed by atoms with Crippen LogP contribution in [-0.4, -0.2) is 23.8 Å². The van der Waals surface area contributed by atoms with Crippen molar-refractivity contribution in [2.24, 2.45) is 5.41 Å². The minimum absolute atomic E-state index is 0.109. The Morgan fingerprint density at radius 2 is 1.84 bits per heavy atom. The number of esters is 1. The van der Waals surface area contributed by atoms with E-state index in [9.17, 15) is 9.90 Å². The molecule has 4 heteroatoms. The molecule has 1 unspecified atom stereocenters. The Hall–Kier alpha value is -1.71. The lowest BCUT2D eigenvalue weighted by Gasteiger charge is -2.28. The summed E-state index contributed by atoms with van der Waals surface area (Å²) in [5.74, 6) is 1.12. The molecular weight excluding hydrogens is 316 g/mol. The molecule has 1 atom stereocenters. The zero-order chi connectivity index (χ0) is 18.8. The first-order valence-electron chi connectivity index (χ1n) is 9.34. The van der Waals surface area contributed by atoms with Crippen LogP contribution in [0.5, 0.6) is 11.5 Å². The second-order valence-corrected chi connectivity index (χ2v) is 7.84. The van der Waals surface area contributed by atoms with E-state index in [1.807, 2.05) is 41.5 Å². The lowest BCUT2D eigenvalue weighted by molar-refractivity contribution is -0.160. The van der Waals surface area contributed by atoms with Gasteiger partial charge in [0.15, 0.2) is 0 Å². The second kappa shape index (κ2) is 7.67. The van der Waals surface area contributed by atoms with Gasteiger partial charge >= 0.3 is 5.97 Å². The van der Waals surface area contributed by atoms with Crippen molar-refractivity contribution in [3.8, 4) is 11.5 Å². The number of rotatable bonds is 1. The normalized spacial score (nSPS) is 21.4. The van der Waals surface area contributed by atoms with E-state index >= 15 is 0 Å². The highest BCUT2D eigenvalue weighted by Gasteiger charge is 2.31. The number of phenols is 1. The molecule has 0 saturated heterocycles. The summed E-state index contributed by atoms with van der Waals surface area (Å²) >= 11 is 0.